The summed E-state index contributed by atoms with van der Waals surface area (Å²) in [5.41, 5.74) is 2.36. The van der Waals surface area contributed by atoms with Crippen LogP contribution < -0.4 is 5.32 Å². The minimum absolute atomic E-state index is 0.220. The van der Waals surface area contributed by atoms with Gasteiger partial charge in [-0.3, -0.25) is 0 Å². The van der Waals surface area contributed by atoms with Crippen LogP contribution in [0.15, 0.2) is 36.4 Å². The van der Waals surface area contributed by atoms with E-state index < -0.39 is 0 Å². The fourth-order valence-electron chi connectivity index (χ4n) is 3.51. The van der Waals surface area contributed by atoms with Crippen molar-refractivity contribution in [3.05, 3.63) is 58.4 Å². The van der Waals surface area contributed by atoms with Crippen LogP contribution in [0.3, 0.4) is 0 Å². The van der Waals surface area contributed by atoms with Gasteiger partial charge in [-0.15, -0.1) is 0 Å². The number of fused-ring (bicyclic) bond motifs is 1. The van der Waals surface area contributed by atoms with Crippen LogP contribution in [0.5, 0.6) is 0 Å². The monoisotopic (exact) mass is 354 g/mol. The SMILES string of the molecule is N#Cc1cccc2[nH]c(NCC3(c4cc(Cl)ccc4F)CCC3)nc12. The molecule has 0 spiro atoms. The molecule has 1 heterocycles. The highest BCUT2D eigenvalue weighted by Gasteiger charge is 2.40. The molecule has 1 aliphatic carbocycles. The third-order valence-corrected chi connectivity index (χ3v) is 5.27. The molecule has 0 aliphatic heterocycles. The minimum atomic E-state index is -0.272. The number of nitrogens with one attached hydrogen (secondary N) is 2. The highest BCUT2D eigenvalue weighted by molar-refractivity contribution is 6.30. The van der Waals surface area contributed by atoms with Gasteiger partial charge in [0.15, 0.2) is 0 Å². The Morgan fingerprint density at radius 2 is 2.16 bits per heavy atom. The van der Waals surface area contributed by atoms with Crippen molar-refractivity contribution < 1.29 is 4.39 Å². The van der Waals surface area contributed by atoms with Crippen molar-refractivity contribution in [1.82, 2.24) is 9.97 Å². The molecule has 1 fully saturated rings. The zero-order valence-electron chi connectivity index (χ0n) is 13.4. The molecular weight excluding hydrogens is 339 g/mol. The summed E-state index contributed by atoms with van der Waals surface area (Å²) in [5.74, 6) is 0.369. The third kappa shape index (κ3) is 2.73. The Balaban J connectivity index is 1.61. The summed E-state index contributed by atoms with van der Waals surface area (Å²) >= 11 is 6.07. The molecule has 2 aromatic carbocycles. The molecule has 0 unspecified atom stereocenters. The number of hydrogen-bond acceptors (Lipinski definition) is 3. The van der Waals surface area contributed by atoms with Gasteiger partial charge in [-0.05, 0) is 48.7 Å². The molecular formula is C19H16ClFN4. The number of nitriles is 1. The number of benzene rings is 2. The molecule has 0 saturated heterocycles. The first-order valence-electron chi connectivity index (χ1n) is 8.20. The van der Waals surface area contributed by atoms with Crippen molar-refractivity contribution >= 4 is 28.6 Å². The van der Waals surface area contributed by atoms with Crippen molar-refractivity contribution in [2.24, 2.45) is 0 Å². The predicted octanol–water partition coefficient (Wildman–Crippen LogP) is 4.76. The fraction of sp³-hybridized carbons (Fsp3) is 0.263. The lowest BCUT2D eigenvalue weighted by atomic mass is 9.64. The molecule has 0 atom stereocenters. The van der Waals surface area contributed by atoms with Crippen LogP contribution in [0.4, 0.5) is 10.3 Å². The topological polar surface area (TPSA) is 64.5 Å². The second kappa shape index (κ2) is 6.05. The van der Waals surface area contributed by atoms with Crippen LogP contribution in [0.2, 0.25) is 5.02 Å². The smallest absolute Gasteiger partial charge is 0.201 e. The van der Waals surface area contributed by atoms with E-state index in [1.165, 1.54) is 6.07 Å². The maximum Gasteiger partial charge on any atom is 0.201 e. The molecule has 1 aromatic heterocycles. The Morgan fingerprint density at radius 1 is 1.32 bits per heavy atom. The number of rotatable bonds is 4. The molecule has 3 aromatic rings. The molecule has 0 amide bonds. The van der Waals surface area contributed by atoms with Gasteiger partial charge in [0.05, 0.1) is 11.1 Å². The number of hydrogen-bond donors (Lipinski definition) is 2. The van der Waals surface area contributed by atoms with Crippen LogP contribution >= 0.6 is 11.6 Å². The Kier molecular flexibility index (Phi) is 3.85. The lowest BCUT2D eigenvalue weighted by Crippen LogP contribution is -2.41. The summed E-state index contributed by atoms with van der Waals surface area (Å²) in [4.78, 5) is 7.65. The fourth-order valence-corrected chi connectivity index (χ4v) is 3.68. The van der Waals surface area contributed by atoms with Gasteiger partial charge in [0.1, 0.15) is 17.4 Å². The van der Waals surface area contributed by atoms with Gasteiger partial charge in [-0.25, -0.2) is 9.37 Å². The van der Waals surface area contributed by atoms with E-state index in [0.29, 0.717) is 34.2 Å². The Morgan fingerprint density at radius 3 is 2.88 bits per heavy atom. The average molecular weight is 355 g/mol. The summed E-state index contributed by atoms with van der Waals surface area (Å²) in [6.07, 6.45) is 2.87. The molecule has 1 aliphatic rings. The number of aromatic amines is 1. The quantitative estimate of drug-likeness (QED) is 0.709. The molecule has 4 rings (SSSR count). The molecule has 2 N–H and O–H groups in total. The van der Waals surface area contributed by atoms with Gasteiger partial charge in [0.25, 0.3) is 0 Å². The van der Waals surface area contributed by atoms with Crippen molar-refractivity contribution in [1.29, 1.82) is 5.26 Å². The van der Waals surface area contributed by atoms with E-state index in [2.05, 4.69) is 21.4 Å². The number of para-hydroxylation sites is 1. The first kappa shape index (κ1) is 15.9. The molecule has 6 heteroatoms. The molecule has 4 nitrogen and oxygen atoms in total. The first-order chi connectivity index (χ1) is 12.1. The van der Waals surface area contributed by atoms with E-state index in [1.807, 2.05) is 12.1 Å². The van der Waals surface area contributed by atoms with Gasteiger partial charge in [0.2, 0.25) is 5.95 Å². The van der Waals surface area contributed by atoms with E-state index in [9.17, 15) is 9.65 Å². The molecule has 25 heavy (non-hydrogen) atoms. The van der Waals surface area contributed by atoms with Crippen molar-refractivity contribution in [3.8, 4) is 6.07 Å². The summed E-state index contributed by atoms with van der Waals surface area (Å²) < 4.78 is 14.3. The van der Waals surface area contributed by atoms with Crippen molar-refractivity contribution in [2.75, 3.05) is 11.9 Å². The Bertz CT molecular complexity index is 985. The van der Waals surface area contributed by atoms with Gasteiger partial charge in [-0.2, -0.15) is 5.26 Å². The largest absolute Gasteiger partial charge is 0.355 e. The van der Waals surface area contributed by atoms with Gasteiger partial charge < -0.3 is 10.3 Å². The number of aromatic nitrogens is 2. The standard InChI is InChI=1S/C19H16ClFN4/c20-13-5-6-15(21)14(9-13)19(7-2-8-19)11-23-18-24-16-4-1-3-12(10-22)17(16)25-18/h1,3-6,9H,2,7-8,11H2,(H2,23,24,25). The summed E-state index contributed by atoms with van der Waals surface area (Å²) in [6, 6.07) is 12.3. The average Bonchev–Trinajstić information content (AvgIpc) is 2.99. The van der Waals surface area contributed by atoms with E-state index in [1.54, 1.807) is 18.2 Å². The molecule has 126 valence electrons. The van der Waals surface area contributed by atoms with Gasteiger partial charge in [0, 0.05) is 17.0 Å². The second-order valence-corrected chi connectivity index (χ2v) is 6.95. The van der Waals surface area contributed by atoms with Crippen LogP contribution in [-0.4, -0.2) is 16.5 Å². The lowest BCUT2D eigenvalue weighted by Gasteiger charge is -2.42. The Labute approximate surface area is 149 Å². The first-order valence-corrected chi connectivity index (χ1v) is 8.57. The van der Waals surface area contributed by atoms with Gasteiger partial charge in [-0.1, -0.05) is 24.1 Å². The number of imidazole rings is 1. The minimum Gasteiger partial charge on any atom is -0.355 e. The van der Waals surface area contributed by atoms with Crippen LogP contribution in [0, 0.1) is 17.1 Å². The zero-order chi connectivity index (χ0) is 17.4. The predicted molar refractivity (Wildman–Crippen MR) is 96.2 cm³/mol. The van der Waals surface area contributed by atoms with Crippen molar-refractivity contribution in [2.45, 2.75) is 24.7 Å². The van der Waals surface area contributed by atoms with Crippen LogP contribution in [0.1, 0.15) is 30.4 Å². The lowest BCUT2D eigenvalue weighted by molar-refractivity contribution is 0.251. The van der Waals surface area contributed by atoms with E-state index in [-0.39, 0.29) is 11.2 Å². The highest BCUT2D eigenvalue weighted by atomic mass is 35.5. The van der Waals surface area contributed by atoms with Crippen molar-refractivity contribution in [3.63, 3.8) is 0 Å². The van der Waals surface area contributed by atoms with Gasteiger partial charge >= 0.3 is 0 Å². The number of halogens is 2. The number of nitrogens with zero attached hydrogens (tertiary/aromatic N) is 2. The highest BCUT2D eigenvalue weighted by Crippen LogP contribution is 2.45. The maximum atomic E-state index is 14.3. The maximum absolute atomic E-state index is 14.3. The van der Waals surface area contributed by atoms with E-state index >= 15 is 0 Å². The van der Waals surface area contributed by atoms with Crippen LogP contribution in [0.25, 0.3) is 11.0 Å². The summed E-state index contributed by atoms with van der Waals surface area (Å²) in [7, 11) is 0. The van der Waals surface area contributed by atoms with Crippen LogP contribution in [-0.2, 0) is 5.41 Å². The second-order valence-electron chi connectivity index (χ2n) is 6.51. The molecule has 1 saturated carbocycles. The molecule has 0 bridgehead atoms. The Hall–Kier alpha value is -2.58. The van der Waals surface area contributed by atoms with E-state index in [4.69, 9.17) is 11.6 Å². The van der Waals surface area contributed by atoms with E-state index in [0.717, 1.165) is 24.8 Å². The normalized spacial score (nSPS) is 15.6. The number of anilines is 1. The summed E-state index contributed by atoms with van der Waals surface area (Å²) in [6.45, 7) is 0.561. The third-order valence-electron chi connectivity index (χ3n) is 5.04. The number of H-pyrrole nitrogens is 1. The molecule has 0 radical (unpaired) electrons. The summed E-state index contributed by atoms with van der Waals surface area (Å²) in [5, 5.41) is 13.0. The zero-order valence-corrected chi connectivity index (χ0v) is 14.2.